The summed E-state index contributed by atoms with van der Waals surface area (Å²) in [5, 5.41) is 0.934. The maximum atomic E-state index is 5.76. The number of anilines is 1. The Morgan fingerprint density at radius 2 is 2.05 bits per heavy atom. The molecule has 1 aromatic heterocycles. The molecule has 3 nitrogen and oxygen atoms in total. The van der Waals surface area contributed by atoms with E-state index in [1.807, 2.05) is 18.2 Å². The number of imidazole rings is 1. The summed E-state index contributed by atoms with van der Waals surface area (Å²) in [4.78, 5) is 7.85. The van der Waals surface area contributed by atoms with E-state index in [9.17, 15) is 0 Å². The Hall–Kier alpha value is -1.94. The Morgan fingerprint density at radius 3 is 2.89 bits per heavy atom. The van der Waals surface area contributed by atoms with Gasteiger partial charge in [0.15, 0.2) is 5.16 Å². The summed E-state index contributed by atoms with van der Waals surface area (Å²) in [7, 11) is 0. The lowest BCUT2D eigenvalue weighted by atomic mass is 10.1. The van der Waals surface area contributed by atoms with Crippen LogP contribution in [0.3, 0.4) is 0 Å². The molecule has 96 valence electrons. The highest BCUT2D eigenvalue weighted by atomic mass is 32.2. The molecule has 3 N–H and O–H groups in total. The van der Waals surface area contributed by atoms with E-state index in [4.69, 9.17) is 5.73 Å². The minimum absolute atomic E-state index is 0.756. The highest BCUT2D eigenvalue weighted by Gasteiger charge is 2.05. The number of fused-ring (bicyclic) bond motifs is 1. The highest BCUT2D eigenvalue weighted by Crippen LogP contribution is 2.25. The standard InChI is InChI=1S/C15H15N3S/c1-10-4-2-3-5-11(10)9-19-15-17-13-7-6-12(16)8-14(13)18-15/h2-8H,9,16H2,1H3,(H,17,18). The van der Waals surface area contributed by atoms with Crippen molar-refractivity contribution in [2.45, 2.75) is 17.8 Å². The number of aromatic amines is 1. The van der Waals surface area contributed by atoms with Gasteiger partial charge in [-0.1, -0.05) is 36.0 Å². The van der Waals surface area contributed by atoms with Gasteiger partial charge in [0.25, 0.3) is 0 Å². The predicted molar refractivity (Wildman–Crippen MR) is 81.2 cm³/mol. The third kappa shape index (κ3) is 2.58. The van der Waals surface area contributed by atoms with Crippen LogP contribution in [0.1, 0.15) is 11.1 Å². The number of H-pyrrole nitrogens is 1. The average molecular weight is 269 g/mol. The third-order valence-corrected chi connectivity index (χ3v) is 4.03. The summed E-state index contributed by atoms with van der Waals surface area (Å²) >= 11 is 1.71. The summed E-state index contributed by atoms with van der Waals surface area (Å²) in [6.07, 6.45) is 0. The van der Waals surface area contributed by atoms with Crippen LogP contribution in [0.4, 0.5) is 5.69 Å². The van der Waals surface area contributed by atoms with Gasteiger partial charge in [0, 0.05) is 11.4 Å². The van der Waals surface area contributed by atoms with Gasteiger partial charge in [-0.15, -0.1) is 0 Å². The van der Waals surface area contributed by atoms with Crippen LogP contribution in [0.25, 0.3) is 11.0 Å². The molecule has 2 aromatic carbocycles. The van der Waals surface area contributed by atoms with Gasteiger partial charge in [-0.2, -0.15) is 0 Å². The molecule has 3 aromatic rings. The molecule has 19 heavy (non-hydrogen) atoms. The van der Waals surface area contributed by atoms with Crippen molar-refractivity contribution in [1.29, 1.82) is 0 Å². The second-order valence-corrected chi connectivity index (χ2v) is 5.50. The quantitative estimate of drug-likeness (QED) is 0.562. The van der Waals surface area contributed by atoms with Crippen LogP contribution in [-0.4, -0.2) is 9.97 Å². The van der Waals surface area contributed by atoms with Gasteiger partial charge in [-0.05, 0) is 36.2 Å². The largest absolute Gasteiger partial charge is 0.399 e. The first-order valence-corrected chi connectivity index (χ1v) is 7.13. The summed E-state index contributed by atoms with van der Waals surface area (Å²) in [6.45, 7) is 2.13. The molecule has 0 aliphatic carbocycles. The molecule has 1 heterocycles. The fourth-order valence-corrected chi connectivity index (χ4v) is 2.95. The van der Waals surface area contributed by atoms with Crippen LogP contribution in [0.5, 0.6) is 0 Å². The molecule has 0 saturated carbocycles. The van der Waals surface area contributed by atoms with Crippen LogP contribution in [0.15, 0.2) is 47.6 Å². The van der Waals surface area contributed by atoms with E-state index in [1.54, 1.807) is 11.8 Å². The first-order valence-electron chi connectivity index (χ1n) is 6.15. The number of aryl methyl sites for hydroxylation is 1. The number of nitrogens with zero attached hydrogens (tertiary/aromatic N) is 1. The lowest BCUT2D eigenvalue weighted by Crippen LogP contribution is -1.85. The van der Waals surface area contributed by atoms with Crippen molar-refractivity contribution in [2.75, 3.05) is 5.73 Å². The van der Waals surface area contributed by atoms with Crippen LogP contribution in [-0.2, 0) is 5.75 Å². The van der Waals surface area contributed by atoms with Crippen molar-refractivity contribution >= 4 is 28.5 Å². The smallest absolute Gasteiger partial charge is 0.166 e. The molecule has 0 aliphatic rings. The molecule has 0 amide bonds. The first-order chi connectivity index (χ1) is 9.22. The minimum Gasteiger partial charge on any atom is -0.399 e. The second-order valence-electron chi connectivity index (χ2n) is 4.53. The van der Waals surface area contributed by atoms with Gasteiger partial charge in [0.2, 0.25) is 0 Å². The molecule has 4 heteroatoms. The SMILES string of the molecule is Cc1ccccc1CSc1nc2ccc(N)cc2[nH]1. The number of rotatable bonds is 3. The number of benzene rings is 2. The summed E-state index contributed by atoms with van der Waals surface area (Å²) < 4.78 is 0. The molecule has 0 atom stereocenters. The van der Waals surface area contributed by atoms with Crippen molar-refractivity contribution in [3.8, 4) is 0 Å². The Bertz CT molecular complexity index is 718. The maximum absolute atomic E-state index is 5.76. The van der Waals surface area contributed by atoms with Crippen LogP contribution < -0.4 is 5.73 Å². The molecule has 0 bridgehead atoms. The highest BCUT2D eigenvalue weighted by molar-refractivity contribution is 7.98. The van der Waals surface area contributed by atoms with E-state index in [2.05, 4.69) is 41.2 Å². The number of hydrogen-bond acceptors (Lipinski definition) is 3. The molecular formula is C15H15N3S. The van der Waals surface area contributed by atoms with Crippen LogP contribution >= 0.6 is 11.8 Å². The average Bonchev–Trinajstić information content (AvgIpc) is 2.79. The van der Waals surface area contributed by atoms with Gasteiger partial charge in [-0.25, -0.2) is 4.98 Å². The van der Waals surface area contributed by atoms with Crippen molar-refractivity contribution in [3.63, 3.8) is 0 Å². The van der Waals surface area contributed by atoms with Gasteiger partial charge in [0.05, 0.1) is 11.0 Å². The van der Waals surface area contributed by atoms with E-state index in [0.29, 0.717) is 0 Å². The number of hydrogen-bond donors (Lipinski definition) is 2. The molecule has 0 spiro atoms. The molecular weight excluding hydrogens is 254 g/mol. The fourth-order valence-electron chi connectivity index (χ4n) is 1.99. The minimum atomic E-state index is 0.756. The normalized spacial score (nSPS) is 11.0. The zero-order valence-corrected chi connectivity index (χ0v) is 11.5. The number of nitrogen functional groups attached to an aromatic ring is 1. The summed E-state index contributed by atoms with van der Waals surface area (Å²) in [5.74, 6) is 0.919. The Labute approximate surface area is 116 Å². The molecule has 0 radical (unpaired) electrons. The lowest BCUT2D eigenvalue weighted by Gasteiger charge is -2.02. The predicted octanol–water partition coefficient (Wildman–Crippen LogP) is 3.75. The number of nitrogens with one attached hydrogen (secondary N) is 1. The van der Waals surface area contributed by atoms with E-state index < -0.39 is 0 Å². The lowest BCUT2D eigenvalue weighted by molar-refractivity contribution is 1.08. The van der Waals surface area contributed by atoms with Crippen molar-refractivity contribution in [2.24, 2.45) is 0 Å². The monoisotopic (exact) mass is 269 g/mol. The van der Waals surface area contributed by atoms with Crippen molar-refractivity contribution < 1.29 is 0 Å². The van der Waals surface area contributed by atoms with Gasteiger partial charge in [-0.3, -0.25) is 0 Å². The van der Waals surface area contributed by atoms with Crippen molar-refractivity contribution in [1.82, 2.24) is 9.97 Å². The molecule has 0 unspecified atom stereocenters. The van der Waals surface area contributed by atoms with Crippen molar-refractivity contribution in [3.05, 3.63) is 53.6 Å². The second kappa shape index (κ2) is 4.97. The number of nitrogens with two attached hydrogens (primary N) is 1. The topological polar surface area (TPSA) is 54.7 Å². The number of aromatic nitrogens is 2. The Kier molecular flexibility index (Phi) is 3.17. The first kappa shape index (κ1) is 12.1. The van der Waals surface area contributed by atoms with Gasteiger partial charge >= 0.3 is 0 Å². The van der Waals surface area contributed by atoms with Crippen LogP contribution in [0.2, 0.25) is 0 Å². The Balaban J connectivity index is 1.80. The summed E-state index contributed by atoms with van der Waals surface area (Å²) in [6, 6.07) is 14.2. The van der Waals surface area contributed by atoms with E-state index in [0.717, 1.165) is 27.6 Å². The molecule has 0 fully saturated rings. The van der Waals surface area contributed by atoms with Crippen LogP contribution in [0, 0.1) is 6.92 Å². The zero-order valence-electron chi connectivity index (χ0n) is 10.7. The zero-order chi connectivity index (χ0) is 13.2. The molecule has 0 saturated heterocycles. The Morgan fingerprint density at radius 1 is 1.21 bits per heavy atom. The van der Waals surface area contributed by atoms with Gasteiger partial charge < -0.3 is 10.7 Å². The van der Waals surface area contributed by atoms with Gasteiger partial charge in [0.1, 0.15) is 0 Å². The fraction of sp³-hybridized carbons (Fsp3) is 0.133. The van der Waals surface area contributed by atoms with E-state index >= 15 is 0 Å². The number of thioether (sulfide) groups is 1. The molecule has 0 aliphatic heterocycles. The maximum Gasteiger partial charge on any atom is 0.166 e. The van der Waals surface area contributed by atoms with E-state index in [-0.39, 0.29) is 0 Å². The third-order valence-electron chi connectivity index (χ3n) is 3.11. The molecule has 3 rings (SSSR count). The summed E-state index contributed by atoms with van der Waals surface area (Å²) in [5.41, 5.74) is 11.1. The van der Waals surface area contributed by atoms with E-state index in [1.165, 1.54) is 11.1 Å².